The third-order valence-electron chi connectivity index (χ3n) is 3.13. The lowest BCUT2D eigenvalue weighted by Gasteiger charge is -2.10. The Labute approximate surface area is 133 Å². The molecule has 1 aromatic carbocycles. The quantitative estimate of drug-likeness (QED) is 0.755. The van der Waals surface area contributed by atoms with Crippen LogP contribution in [0.5, 0.6) is 0 Å². The zero-order valence-electron chi connectivity index (χ0n) is 13.0. The minimum absolute atomic E-state index is 0.176. The number of ether oxygens (including phenoxy) is 1. The number of carbonyl (C=O) groups excluding carboxylic acids is 1. The molecule has 7 heteroatoms. The van der Waals surface area contributed by atoms with Crippen molar-refractivity contribution in [3.63, 3.8) is 0 Å². The van der Waals surface area contributed by atoms with Crippen molar-refractivity contribution in [3.05, 3.63) is 41.5 Å². The van der Waals surface area contributed by atoms with Gasteiger partial charge in [-0.2, -0.15) is 13.2 Å². The topological polar surface area (TPSA) is 58.6 Å². The molecule has 1 unspecified atom stereocenters. The van der Waals surface area contributed by atoms with Gasteiger partial charge in [-0.3, -0.25) is 4.79 Å². The molecular formula is C16H20F3NO3. The zero-order chi connectivity index (χ0) is 17.5. The van der Waals surface area contributed by atoms with Crippen LogP contribution in [0.15, 0.2) is 30.3 Å². The molecule has 0 aliphatic heterocycles. The van der Waals surface area contributed by atoms with E-state index >= 15 is 0 Å². The van der Waals surface area contributed by atoms with Crippen molar-refractivity contribution in [2.75, 3.05) is 20.3 Å². The maximum atomic E-state index is 12.7. The van der Waals surface area contributed by atoms with Crippen LogP contribution in [0.25, 0.3) is 5.57 Å². The van der Waals surface area contributed by atoms with Crippen LogP contribution in [-0.4, -0.2) is 37.4 Å². The molecule has 23 heavy (non-hydrogen) atoms. The van der Waals surface area contributed by atoms with Gasteiger partial charge in [-0.05, 0) is 36.6 Å². The number of halogens is 3. The van der Waals surface area contributed by atoms with Crippen molar-refractivity contribution in [2.24, 2.45) is 0 Å². The number of aliphatic hydroxyl groups excluding tert-OH is 1. The second-order valence-electron chi connectivity index (χ2n) is 5.09. The van der Waals surface area contributed by atoms with Gasteiger partial charge in [-0.1, -0.05) is 12.1 Å². The number of nitrogens with one attached hydrogen (secondary N) is 1. The molecule has 1 amide bonds. The number of aliphatic hydroxyl groups is 1. The number of amides is 1. The smallest absolute Gasteiger partial charge is 0.391 e. The Morgan fingerprint density at radius 2 is 2.13 bits per heavy atom. The Balaban J connectivity index is 2.64. The van der Waals surface area contributed by atoms with Crippen molar-refractivity contribution in [1.82, 2.24) is 5.32 Å². The van der Waals surface area contributed by atoms with E-state index in [1.807, 2.05) is 0 Å². The molecule has 0 spiro atoms. The summed E-state index contributed by atoms with van der Waals surface area (Å²) in [6, 6.07) is 4.79. The van der Waals surface area contributed by atoms with Crippen molar-refractivity contribution in [1.29, 1.82) is 0 Å². The van der Waals surface area contributed by atoms with E-state index in [9.17, 15) is 23.1 Å². The normalized spacial score (nSPS) is 13.7. The van der Waals surface area contributed by atoms with E-state index in [-0.39, 0.29) is 13.2 Å². The van der Waals surface area contributed by atoms with Gasteiger partial charge in [0.25, 0.3) is 0 Å². The van der Waals surface area contributed by atoms with Crippen LogP contribution < -0.4 is 5.32 Å². The number of allylic oxidation sites excluding steroid dienone is 1. The summed E-state index contributed by atoms with van der Waals surface area (Å²) in [6.07, 6.45) is -3.53. The fourth-order valence-electron chi connectivity index (χ4n) is 1.91. The molecule has 1 atom stereocenters. The summed E-state index contributed by atoms with van der Waals surface area (Å²) in [5, 5.41) is 12.0. The summed E-state index contributed by atoms with van der Waals surface area (Å²) in [7, 11) is 1.46. The van der Waals surface area contributed by atoms with Gasteiger partial charge in [0.15, 0.2) is 0 Å². The van der Waals surface area contributed by atoms with E-state index in [1.165, 1.54) is 25.3 Å². The summed E-state index contributed by atoms with van der Waals surface area (Å²) in [5.74, 6) is -0.426. The molecular weight excluding hydrogens is 311 g/mol. The molecule has 0 fully saturated rings. The van der Waals surface area contributed by atoms with Crippen LogP contribution in [0.4, 0.5) is 13.2 Å². The van der Waals surface area contributed by atoms with Crippen LogP contribution in [0.2, 0.25) is 0 Å². The Morgan fingerprint density at radius 3 is 2.74 bits per heavy atom. The zero-order valence-corrected chi connectivity index (χ0v) is 13.0. The Bertz CT molecular complexity index is 556. The molecule has 0 saturated heterocycles. The first kappa shape index (κ1) is 19.2. The molecule has 2 N–H and O–H groups in total. The first-order valence-corrected chi connectivity index (χ1v) is 7.04. The number of methoxy groups -OCH3 is 1. The van der Waals surface area contributed by atoms with Crippen molar-refractivity contribution >= 4 is 11.5 Å². The van der Waals surface area contributed by atoms with Gasteiger partial charge in [0.2, 0.25) is 5.91 Å². The Kier molecular flexibility index (Phi) is 7.25. The summed E-state index contributed by atoms with van der Waals surface area (Å²) in [6.45, 7) is 1.99. The third-order valence-corrected chi connectivity index (χ3v) is 3.13. The maximum Gasteiger partial charge on any atom is 0.416 e. The molecule has 1 rings (SSSR count). The predicted octanol–water partition coefficient (Wildman–Crippen LogP) is 2.62. The van der Waals surface area contributed by atoms with E-state index in [2.05, 4.69) is 5.32 Å². The van der Waals surface area contributed by atoms with Gasteiger partial charge in [0.1, 0.15) is 0 Å². The van der Waals surface area contributed by atoms with E-state index in [4.69, 9.17) is 4.74 Å². The fourth-order valence-corrected chi connectivity index (χ4v) is 1.91. The van der Waals surface area contributed by atoms with Gasteiger partial charge in [0.05, 0.1) is 18.3 Å². The number of rotatable bonds is 7. The van der Waals surface area contributed by atoms with Crippen LogP contribution in [0.1, 0.15) is 24.5 Å². The van der Waals surface area contributed by atoms with E-state index in [0.717, 1.165) is 12.1 Å². The minimum Gasteiger partial charge on any atom is -0.391 e. The number of alkyl halides is 3. The van der Waals surface area contributed by atoms with Crippen molar-refractivity contribution < 1.29 is 27.8 Å². The molecule has 0 saturated carbocycles. The highest BCUT2D eigenvalue weighted by Crippen LogP contribution is 2.30. The lowest BCUT2D eigenvalue weighted by Crippen LogP contribution is -2.27. The molecule has 0 heterocycles. The number of carbonyl (C=O) groups is 1. The van der Waals surface area contributed by atoms with Gasteiger partial charge < -0.3 is 15.2 Å². The highest BCUT2D eigenvalue weighted by molar-refractivity contribution is 5.94. The highest BCUT2D eigenvalue weighted by atomic mass is 19.4. The van der Waals surface area contributed by atoms with Crippen molar-refractivity contribution in [3.8, 4) is 0 Å². The number of hydrogen-bond donors (Lipinski definition) is 2. The first-order valence-electron chi connectivity index (χ1n) is 7.04. The Hall–Kier alpha value is -1.86. The standard InChI is InChI=1S/C16H20F3NO3/c1-11(8-15(22)20-7-6-14(21)10-23-2)12-4-3-5-13(9-12)16(17,18)19/h3-5,8-9,14,21H,6-7,10H2,1-2H3,(H,20,22)/b11-8-. The second-order valence-corrected chi connectivity index (χ2v) is 5.09. The van der Waals surface area contributed by atoms with E-state index < -0.39 is 23.8 Å². The molecule has 4 nitrogen and oxygen atoms in total. The lowest BCUT2D eigenvalue weighted by atomic mass is 10.0. The average Bonchev–Trinajstić information content (AvgIpc) is 2.46. The second kappa shape index (κ2) is 8.69. The summed E-state index contributed by atoms with van der Waals surface area (Å²) < 4.78 is 42.8. The van der Waals surface area contributed by atoms with Gasteiger partial charge in [0, 0.05) is 19.7 Å². The van der Waals surface area contributed by atoms with Crippen LogP contribution in [0.3, 0.4) is 0 Å². The molecule has 0 radical (unpaired) electrons. The summed E-state index contributed by atoms with van der Waals surface area (Å²) in [4.78, 5) is 11.7. The van der Waals surface area contributed by atoms with Crippen LogP contribution >= 0.6 is 0 Å². The first-order chi connectivity index (χ1) is 10.7. The van der Waals surface area contributed by atoms with Gasteiger partial charge in [-0.25, -0.2) is 0 Å². The number of hydrogen-bond acceptors (Lipinski definition) is 3. The van der Waals surface area contributed by atoms with Crippen LogP contribution in [0, 0.1) is 0 Å². The lowest BCUT2D eigenvalue weighted by molar-refractivity contribution is -0.137. The van der Waals surface area contributed by atoms with E-state index in [1.54, 1.807) is 6.92 Å². The van der Waals surface area contributed by atoms with Gasteiger partial charge >= 0.3 is 6.18 Å². The SMILES string of the molecule is COCC(O)CCNC(=O)/C=C(/C)c1cccc(C(F)(F)F)c1. The average molecular weight is 331 g/mol. The molecule has 0 aromatic heterocycles. The maximum absolute atomic E-state index is 12.7. The largest absolute Gasteiger partial charge is 0.416 e. The summed E-state index contributed by atoms with van der Waals surface area (Å²) in [5.41, 5.74) is -0.00808. The van der Waals surface area contributed by atoms with Crippen molar-refractivity contribution in [2.45, 2.75) is 25.6 Å². The molecule has 0 aliphatic carbocycles. The summed E-state index contributed by atoms with van der Waals surface area (Å²) >= 11 is 0. The van der Waals surface area contributed by atoms with Gasteiger partial charge in [-0.15, -0.1) is 0 Å². The number of benzene rings is 1. The predicted molar refractivity (Wildman–Crippen MR) is 80.6 cm³/mol. The van der Waals surface area contributed by atoms with Crippen LogP contribution in [-0.2, 0) is 15.7 Å². The van der Waals surface area contributed by atoms with E-state index in [0.29, 0.717) is 17.6 Å². The molecule has 0 bridgehead atoms. The Morgan fingerprint density at radius 1 is 1.43 bits per heavy atom. The molecule has 128 valence electrons. The molecule has 1 aromatic rings. The fraction of sp³-hybridized carbons (Fsp3) is 0.438. The highest BCUT2D eigenvalue weighted by Gasteiger charge is 2.30. The molecule has 0 aliphatic rings. The monoisotopic (exact) mass is 331 g/mol. The third kappa shape index (κ3) is 6.83. The minimum atomic E-state index is -4.42.